The molecule has 4 saturated carbocycles. The first-order valence-corrected chi connectivity index (χ1v) is 12.1. The minimum atomic E-state index is -0.545. The third kappa shape index (κ3) is 3.49. The quantitative estimate of drug-likeness (QED) is 0.357. The standard InChI is InChI=1S/C26H38O6/c1-15-12-26-13-19(15)7-8-20(26)24(5)10-9-22(31-17(3)28)25(6,14-30-16(2)27)21(24)11-23(26)32-18(4)29/h19-23H,1,7-14H2,2-6H3/t19-,20+,21?,22-,23+,24+,25-,26+/m1/s1. The molecule has 4 fully saturated rings. The number of fused-ring (bicyclic) bond motifs is 3. The highest BCUT2D eigenvalue weighted by atomic mass is 16.6. The minimum Gasteiger partial charge on any atom is -0.465 e. The molecule has 32 heavy (non-hydrogen) atoms. The third-order valence-electron chi connectivity index (χ3n) is 9.62. The van der Waals surface area contributed by atoms with Crippen molar-refractivity contribution in [3.63, 3.8) is 0 Å². The largest absolute Gasteiger partial charge is 0.465 e. The number of rotatable bonds is 4. The Morgan fingerprint density at radius 3 is 2.22 bits per heavy atom. The van der Waals surface area contributed by atoms with E-state index in [2.05, 4.69) is 20.4 Å². The van der Waals surface area contributed by atoms with E-state index < -0.39 is 5.41 Å². The van der Waals surface area contributed by atoms with Gasteiger partial charge in [-0.25, -0.2) is 0 Å². The van der Waals surface area contributed by atoms with Gasteiger partial charge in [0.1, 0.15) is 18.8 Å². The summed E-state index contributed by atoms with van der Waals surface area (Å²) in [6.07, 6.45) is 6.06. The van der Waals surface area contributed by atoms with Crippen LogP contribution >= 0.6 is 0 Å². The minimum absolute atomic E-state index is 0.0161. The monoisotopic (exact) mass is 446 g/mol. The second kappa shape index (κ2) is 7.88. The van der Waals surface area contributed by atoms with Crippen molar-refractivity contribution >= 4 is 17.9 Å². The Balaban J connectivity index is 1.78. The van der Waals surface area contributed by atoms with Crippen molar-refractivity contribution in [2.75, 3.05) is 6.61 Å². The number of ether oxygens (including phenoxy) is 3. The lowest BCUT2D eigenvalue weighted by molar-refractivity contribution is -0.243. The van der Waals surface area contributed by atoms with Gasteiger partial charge in [0, 0.05) is 31.6 Å². The highest BCUT2D eigenvalue weighted by molar-refractivity contribution is 5.67. The summed E-state index contributed by atoms with van der Waals surface area (Å²) in [5.41, 5.74) is 0.685. The van der Waals surface area contributed by atoms with Crippen LogP contribution in [-0.2, 0) is 28.6 Å². The van der Waals surface area contributed by atoms with Gasteiger partial charge < -0.3 is 14.2 Å². The highest BCUT2D eigenvalue weighted by Gasteiger charge is 2.69. The van der Waals surface area contributed by atoms with Crippen molar-refractivity contribution in [1.29, 1.82) is 0 Å². The van der Waals surface area contributed by atoms with E-state index in [1.54, 1.807) is 0 Å². The first-order chi connectivity index (χ1) is 14.9. The molecular weight excluding hydrogens is 408 g/mol. The first kappa shape index (κ1) is 23.3. The van der Waals surface area contributed by atoms with Gasteiger partial charge in [-0.05, 0) is 68.1 Å². The molecule has 4 aliphatic carbocycles. The molecule has 1 unspecified atom stereocenters. The van der Waals surface area contributed by atoms with Gasteiger partial charge >= 0.3 is 17.9 Å². The molecule has 8 atom stereocenters. The molecule has 0 radical (unpaired) electrons. The molecule has 2 bridgehead atoms. The van der Waals surface area contributed by atoms with E-state index in [0.717, 1.165) is 38.5 Å². The fraction of sp³-hybridized carbons (Fsp3) is 0.808. The molecular formula is C26H38O6. The predicted octanol–water partition coefficient (Wildman–Crippen LogP) is 4.60. The molecule has 0 heterocycles. The number of hydrogen-bond acceptors (Lipinski definition) is 6. The van der Waals surface area contributed by atoms with Crippen LogP contribution in [0.15, 0.2) is 12.2 Å². The van der Waals surface area contributed by atoms with Crippen LogP contribution in [0.5, 0.6) is 0 Å². The van der Waals surface area contributed by atoms with E-state index >= 15 is 0 Å². The molecule has 0 aliphatic heterocycles. The molecule has 178 valence electrons. The summed E-state index contributed by atoms with van der Waals surface area (Å²) >= 11 is 0. The third-order valence-corrected chi connectivity index (χ3v) is 9.62. The molecule has 0 saturated heterocycles. The van der Waals surface area contributed by atoms with Gasteiger partial charge in [-0.2, -0.15) is 0 Å². The van der Waals surface area contributed by atoms with Gasteiger partial charge in [-0.1, -0.05) is 26.0 Å². The summed E-state index contributed by atoms with van der Waals surface area (Å²) in [6.45, 7) is 13.4. The summed E-state index contributed by atoms with van der Waals surface area (Å²) in [5, 5.41) is 0. The molecule has 0 aromatic heterocycles. The zero-order valence-electron chi connectivity index (χ0n) is 20.2. The summed E-state index contributed by atoms with van der Waals surface area (Å²) in [4.78, 5) is 35.9. The van der Waals surface area contributed by atoms with Crippen LogP contribution in [-0.4, -0.2) is 36.7 Å². The molecule has 6 nitrogen and oxygen atoms in total. The second-order valence-corrected chi connectivity index (χ2v) is 11.4. The predicted molar refractivity (Wildman–Crippen MR) is 118 cm³/mol. The van der Waals surface area contributed by atoms with Gasteiger partial charge in [-0.3, -0.25) is 14.4 Å². The smallest absolute Gasteiger partial charge is 0.302 e. The van der Waals surface area contributed by atoms with Crippen LogP contribution in [0.3, 0.4) is 0 Å². The molecule has 0 amide bonds. The van der Waals surface area contributed by atoms with Crippen molar-refractivity contribution in [2.45, 2.75) is 91.8 Å². The Morgan fingerprint density at radius 1 is 0.938 bits per heavy atom. The van der Waals surface area contributed by atoms with Crippen LogP contribution in [0.1, 0.15) is 79.6 Å². The average molecular weight is 447 g/mol. The first-order valence-electron chi connectivity index (χ1n) is 12.1. The molecule has 0 aromatic carbocycles. The van der Waals surface area contributed by atoms with Crippen LogP contribution in [0.2, 0.25) is 0 Å². The van der Waals surface area contributed by atoms with Crippen molar-refractivity contribution < 1.29 is 28.6 Å². The van der Waals surface area contributed by atoms with Crippen LogP contribution in [0.25, 0.3) is 0 Å². The Bertz CT molecular complexity index is 834. The number of hydrogen-bond donors (Lipinski definition) is 0. The summed E-state index contributed by atoms with van der Waals surface area (Å²) < 4.78 is 17.4. The van der Waals surface area contributed by atoms with E-state index in [1.165, 1.54) is 26.3 Å². The molecule has 4 aliphatic rings. The molecule has 4 rings (SSSR count). The van der Waals surface area contributed by atoms with Crippen LogP contribution < -0.4 is 0 Å². The number of esters is 3. The van der Waals surface area contributed by atoms with Gasteiger partial charge in [0.2, 0.25) is 0 Å². The lowest BCUT2D eigenvalue weighted by atomic mass is 9.40. The number of carbonyl (C=O) groups excluding carboxylic acids is 3. The van der Waals surface area contributed by atoms with Gasteiger partial charge in [0.25, 0.3) is 0 Å². The van der Waals surface area contributed by atoms with Crippen molar-refractivity contribution in [1.82, 2.24) is 0 Å². The van der Waals surface area contributed by atoms with Crippen molar-refractivity contribution in [3.8, 4) is 0 Å². The van der Waals surface area contributed by atoms with Gasteiger partial charge in [-0.15, -0.1) is 0 Å². The summed E-state index contributed by atoms with van der Waals surface area (Å²) in [6, 6.07) is 0. The lowest BCUT2D eigenvalue weighted by Gasteiger charge is -2.66. The Morgan fingerprint density at radius 2 is 1.59 bits per heavy atom. The SMILES string of the molecule is C=C1C[C@]23C[C@H]1CC[C@H]2[C@]1(C)CC[C@@H](OC(C)=O)[C@](C)(COC(C)=O)C1C[C@@H]3OC(C)=O. The number of allylic oxidation sites excluding steroid dienone is 1. The second-order valence-electron chi connectivity index (χ2n) is 11.4. The van der Waals surface area contributed by atoms with Crippen LogP contribution in [0, 0.1) is 34.0 Å². The maximum absolute atomic E-state index is 12.2. The molecule has 1 spiro atoms. The van der Waals surface area contributed by atoms with Crippen LogP contribution in [0.4, 0.5) is 0 Å². The fourth-order valence-corrected chi connectivity index (χ4v) is 8.46. The van der Waals surface area contributed by atoms with E-state index in [1.807, 2.05) is 0 Å². The van der Waals surface area contributed by atoms with E-state index in [9.17, 15) is 14.4 Å². The van der Waals surface area contributed by atoms with E-state index in [0.29, 0.717) is 18.3 Å². The molecule has 6 heteroatoms. The normalized spacial score (nSPS) is 44.8. The summed E-state index contributed by atoms with van der Waals surface area (Å²) in [7, 11) is 0. The van der Waals surface area contributed by atoms with Gasteiger partial charge in [0.15, 0.2) is 0 Å². The van der Waals surface area contributed by atoms with E-state index in [4.69, 9.17) is 14.2 Å². The highest BCUT2D eigenvalue weighted by Crippen LogP contribution is 2.72. The molecule has 0 N–H and O–H groups in total. The zero-order valence-corrected chi connectivity index (χ0v) is 20.2. The topological polar surface area (TPSA) is 78.9 Å². The Labute approximate surface area is 191 Å². The van der Waals surface area contributed by atoms with Gasteiger partial charge in [0.05, 0.1) is 0 Å². The van der Waals surface area contributed by atoms with Crippen molar-refractivity contribution in [3.05, 3.63) is 12.2 Å². The maximum Gasteiger partial charge on any atom is 0.302 e. The number of carbonyl (C=O) groups is 3. The lowest BCUT2D eigenvalue weighted by Crippen LogP contribution is -2.65. The Kier molecular flexibility index (Phi) is 5.74. The van der Waals surface area contributed by atoms with E-state index in [-0.39, 0.29) is 53.5 Å². The van der Waals surface area contributed by atoms with Crippen molar-refractivity contribution in [2.24, 2.45) is 34.0 Å². The zero-order chi connectivity index (χ0) is 23.5. The molecule has 0 aromatic rings. The fourth-order valence-electron chi connectivity index (χ4n) is 8.46. The summed E-state index contributed by atoms with van der Waals surface area (Å²) in [5.74, 6) is 0.108. The average Bonchev–Trinajstić information content (AvgIpc) is 2.94. The maximum atomic E-state index is 12.2. The Hall–Kier alpha value is -1.85.